The molecule has 114 valence electrons. The molecule has 0 saturated carbocycles. The molecule has 0 spiro atoms. The maximum absolute atomic E-state index is 11.5. The Hall–Kier alpha value is 0.400. The molecular weight excluding hydrogens is 389 g/mol. The molecule has 0 aliphatic carbocycles. The number of amides is 1. The molecule has 5 nitrogen and oxygen atoms in total. The first-order chi connectivity index (χ1) is 9.10. The molecule has 3 atom stereocenters. The van der Waals surface area contributed by atoms with Gasteiger partial charge in [0.05, 0.1) is 5.37 Å². The lowest BCUT2D eigenvalue weighted by atomic mass is 9.96. The summed E-state index contributed by atoms with van der Waals surface area (Å²) in [5.74, 6) is -0.779. The van der Waals surface area contributed by atoms with Crippen LogP contribution in [0.25, 0.3) is 0 Å². The van der Waals surface area contributed by atoms with E-state index in [2.05, 4.69) is 22.7 Å². The lowest BCUT2D eigenvalue weighted by molar-refractivity contribution is -0.137. The molecule has 1 amide bonds. The number of thiocarbonyl (C=S) groups is 1. The van der Waals surface area contributed by atoms with Crippen molar-refractivity contribution in [3.8, 4) is 0 Å². The number of ether oxygens (including phenoxy) is 2. The van der Waals surface area contributed by atoms with Crippen LogP contribution in [0.4, 0.5) is 4.79 Å². The van der Waals surface area contributed by atoms with E-state index < -0.39 is 28.6 Å². The van der Waals surface area contributed by atoms with Crippen LogP contribution in [0.3, 0.4) is 0 Å². The number of thioether (sulfide) groups is 1. The molecule has 0 radical (unpaired) electrons. The molecule has 0 aromatic carbocycles. The number of halogens is 3. The lowest BCUT2D eigenvalue weighted by Crippen LogP contribution is -2.61. The van der Waals surface area contributed by atoms with E-state index in [0.717, 1.165) is 0 Å². The summed E-state index contributed by atoms with van der Waals surface area (Å²) in [5.41, 5.74) is 0. The van der Waals surface area contributed by atoms with Crippen molar-refractivity contribution in [2.75, 3.05) is 6.61 Å². The second-order valence-electron chi connectivity index (χ2n) is 3.82. The monoisotopic (exact) mass is 397 g/mol. The number of β-lactam (4-membered cyclic amide) rings is 1. The molecule has 1 saturated heterocycles. The Bertz CT molecular complexity index is 418. The highest BCUT2D eigenvalue weighted by molar-refractivity contribution is 8.41. The van der Waals surface area contributed by atoms with Gasteiger partial charge in [0.2, 0.25) is 9.70 Å². The number of hydrogen-bond acceptors (Lipinski definition) is 6. The third kappa shape index (κ3) is 6.03. The Morgan fingerprint density at radius 1 is 1.60 bits per heavy atom. The van der Waals surface area contributed by atoms with Gasteiger partial charge in [0.15, 0.2) is 0 Å². The first kappa shape index (κ1) is 18.4. The fraction of sp³-hybridized carbons (Fsp3) is 0.667. The van der Waals surface area contributed by atoms with E-state index >= 15 is 0 Å². The van der Waals surface area contributed by atoms with Crippen molar-refractivity contribution in [1.29, 1.82) is 0 Å². The minimum atomic E-state index is -1.72. The summed E-state index contributed by atoms with van der Waals surface area (Å²) >= 11 is 26.3. The summed E-state index contributed by atoms with van der Waals surface area (Å²) in [5, 5.41) is 2.34. The van der Waals surface area contributed by atoms with Crippen molar-refractivity contribution in [1.82, 2.24) is 5.32 Å². The van der Waals surface area contributed by atoms with Gasteiger partial charge in [-0.1, -0.05) is 58.8 Å². The number of carbonyl (C=O) groups excluding carboxylic acids is 2. The van der Waals surface area contributed by atoms with Gasteiger partial charge in [-0.15, -0.1) is 12.6 Å². The third-order valence-electron chi connectivity index (χ3n) is 2.28. The van der Waals surface area contributed by atoms with E-state index in [1.807, 2.05) is 0 Å². The topological polar surface area (TPSA) is 64.6 Å². The summed E-state index contributed by atoms with van der Waals surface area (Å²) in [4.78, 5) is 22.9. The van der Waals surface area contributed by atoms with E-state index in [9.17, 15) is 9.59 Å². The van der Waals surface area contributed by atoms with Crippen LogP contribution in [0.15, 0.2) is 0 Å². The largest absolute Gasteiger partial charge is 0.508 e. The molecule has 1 rings (SSSR count). The van der Waals surface area contributed by atoms with E-state index in [0.29, 0.717) is 3.53 Å². The normalized spacial score (nSPS) is 23.4. The number of thiol groups is 1. The van der Waals surface area contributed by atoms with E-state index in [-0.39, 0.29) is 11.3 Å². The summed E-state index contributed by atoms with van der Waals surface area (Å²) in [6.45, 7) is 1.12. The van der Waals surface area contributed by atoms with Crippen molar-refractivity contribution in [3.05, 3.63) is 0 Å². The zero-order chi connectivity index (χ0) is 15.5. The van der Waals surface area contributed by atoms with Crippen LogP contribution in [0.2, 0.25) is 0 Å². The Morgan fingerprint density at radius 2 is 2.20 bits per heavy atom. The quantitative estimate of drug-likeness (QED) is 0.250. The van der Waals surface area contributed by atoms with Crippen LogP contribution < -0.4 is 5.32 Å². The van der Waals surface area contributed by atoms with Crippen molar-refractivity contribution >= 4 is 87.0 Å². The molecule has 1 aliphatic heterocycles. The zero-order valence-corrected chi connectivity index (χ0v) is 14.8. The zero-order valence-electron chi connectivity index (χ0n) is 9.97. The van der Waals surface area contributed by atoms with Gasteiger partial charge in [0, 0.05) is 0 Å². The molecular formula is C9H10Cl3NO4S3. The minimum absolute atomic E-state index is 0.242. The standard InChI is InChI=1S/C9H10Cl3NO4S3/c1-3(17-7(15)16-2-9(10,11)12)4-5(14)13-6(4)20-8(18)19/h3-4,6H,2H2,1H3,(H,13,14)(H,18,19). The summed E-state index contributed by atoms with van der Waals surface area (Å²) in [7, 11) is 0. The minimum Gasteiger partial charge on any atom is -0.430 e. The average molecular weight is 399 g/mol. The Kier molecular flexibility index (Phi) is 7.01. The number of alkyl halides is 3. The second kappa shape index (κ2) is 7.60. The van der Waals surface area contributed by atoms with Crippen LogP contribution in [0, 0.1) is 5.92 Å². The van der Waals surface area contributed by atoms with Crippen molar-refractivity contribution < 1.29 is 19.1 Å². The molecule has 3 unspecified atom stereocenters. The van der Waals surface area contributed by atoms with Gasteiger partial charge < -0.3 is 14.8 Å². The Labute approximate surface area is 145 Å². The number of rotatable bonds is 4. The highest BCUT2D eigenvalue weighted by atomic mass is 35.6. The predicted molar refractivity (Wildman–Crippen MR) is 86.8 cm³/mol. The van der Waals surface area contributed by atoms with Crippen molar-refractivity contribution in [2.24, 2.45) is 5.92 Å². The highest BCUT2D eigenvalue weighted by Crippen LogP contribution is 2.32. The Morgan fingerprint density at radius 3 is 2.65 bits per heavy atom. The number of hydrogen-bond donors (Lipinski definition) is 2. The maximum atomic E-state index is 11.5. The van der Waals surface area contributed by atoms with Crippen LogP contribution in [0.5, 0.6) is 0 Å². The van der Waals surface area contributed by atoms with Gasteiger partial charge >= 0.3 is 6.16 Å². The van der Waals surface area contributed by atoms with Gasteiger partial charge in [0.25, 0.3) is 0 Å². The molecule has 1 N–H and O–H groups in total. The van der Waals surface area contributed by atoms with Gasteiger partial charge in [-0.25, -0.2) is 4.79 Å². The van der Waals surface area contributed by atoms with E-state index in [1.165, 1.54) is 11.8 Å². The molecule has 1 aliphatic rings. The van der Waals surface area contributed by atoms with Gasteiger partial charge in [-0.05, 0) is 6.92 Å². The smallest absolute Gasteiger partial charge is 0.430 e. The summed E-state index contributed by atoms with van der Waals surface area (Å²) < 4.78 is 8.23. The first-order valence-electron chi connectivity index (χ1n) is 5.20. The number of nitrogens with one attached hydrogen (secondary N) is 1. The predicted octanol–water partition coefficient (Wildman–Crippen LogP) is 2.92. The molecule has 20 heavy (non-hydrogen) atoms. The fourth-order valence-corrected chi connectivity index (χ4v) is 3.14. The van der Waals surface area contributed by atoms with E-state index in [1.54, 1.807) is 6.92 Å². The van der Waals surface area contributed by atoms with Crippen LogP contribution in [-0.4, -0.2) is 37.5 Å². The van der Waals surface area contributed by atoms with Crippen LogP contribution in [-0.2, 0) is 14.3 Å². The average Bonchev–Trinajstić information content (AvgIpc) is 2.23. The Balaban J connectivity index is 2.44. The maximum Gasteiger partial charge on any atom is 0.508 e. The molecule has 0 aromatic rings. The molecule has 0 bridgehead atoms. The van der Waals surface area contributed by atoms with E-state index in [4.69, 9.17) is 51.8 Å². The van der Waals surface area contributed by atoms with Crippen LogP contribution in [0.1, 0.15) is 6.92 Å². The molecule has 11 heteroatoms. The highest BCUT2D eigenvalue weighted by Gasteiger charge is 2.45. The third-order valence-corrected chi connectivity index (χ3v) is 4.08. The summed E-state index contributed by atoms with van der Waals surface area (Å²) in [6, 6.07) is 0. The van der Waals surface area contributed by atoms with Gasteiger partial charge in [-0.3, -0.25) is 4.79 Å². The fourth-order valence-electron chi connectivity index (χ4n) is 1.44. The SMILES string of the molecule is CC(OC(=O)OCC(Cl)(Cl)Cl)C1C(=O)NC1SC(=S)S. The molecule has 0 aromatic heterocycles. The first-order valence-corrected chi connectivity index (χ1v) is 8.07. The van der Waals surface area contributed by atoms with Crippen molar-refractivity contribution in [2.45, 2.75) is 22.2 Å². The summed E-state index contributed by atoms with van der Waals surface area (Å²) in [6.07, 6.45) is -1.72. The molecule has 1 heterocycles. The van der Waals surface area contributed by atoms with Gasteiger partial charge in [0.1, 0.15) is 22.2 Å². The second-order valence-corrected chi connectivity index (χ2v) is 9.20. The van der Waals surface area contributed by atoms with Crippen molar-refractivity contribution in [3.63, 3.8) is 0 Å². The molecule has 1 fully saturated rings. The number of carbonyl (C=O) groups is 2. The van der Waals surface area contributed by atoms with Crippen LogP contribution >= 0.6 is 71.4 Å². The van der Waals surface area contributed by atoms with Gasteiger partial charge in [-0.2, -0.15) is 0 Å². The lowest BCUT2D eigenvalue weighted by Gasteiger charge is -2.38.